The van der Waals surface area contributed by atoms with E-state index in [1.807, 2.05) is 18.2 Å². The van der Waals surface area contributed by atoms with Crippen molar-refractivity contribution in [1.29, 1.82) is 0 Å². The smallest absolute Gasteiger partial charge is 0.251 e. The lowest BCUT2D eigenvalue weighted by atomic mass is 10.1. The Morgan fingerprint density at radius 1 is 1.15 bits per heavy atom. The van der Waals surface area contributed by atoms with E-state index in [-0.39, 0.29) is 11.9 Å². The number of ether oxygens (including phenoxy) is 2. The second-order valence-corrected chi connectivity index (χ2v) is 6.69. The number of nitrogens with zero attached hydrogens (tertiary/aromatic N) is 3. The molecule has 8 heteroatoms. The molecule has 0 spiro atoms. The molecule has 1 aromatic heterocycles. The first-order valence-electron chi connectivity index (χ1n) is 9.15. The largest absolute Gasteiger partial charge is 0.384 e. The van der Waals surface area contributed by atoms with Crippen molar-refractivity contribution in [3.05, 3.63) is 35.9 Å². The van der Waals surface area contributed by atoms with Gasteiger partial charge in [-0.25, -0.2) is 4.98 Å². The number of anilines is 2. The first kappa shape index (κ1) is 17.7. The molecule has 0 aliphatic carbocycles. The maximum Gasteiger partial charge on any atom is 0.251 e. The molecule has 1 atom stereocenters. The SMILES string of the molecule is Nc1cc(-c2cccc(C(=O)N[C@@H]3CCOC3)c2)nc(N2CCOCC2)n1. The van der Waals surface area contributed by atoms with Crippen molar-refractivity contribution >= 4 is 17.7 Å². The van der Waals surface area contributed by atoms with Gasteiger partial charge in [-0.3, -0.25) is 4.79 Å². The number of aromatic nitrogens is 2. The number of morpholine rings is 1. The molecule has 0 bridgehead atoms. The van der Waals surface area contributed by atoms with Crippen LogP contribution in [0, 0.1) is 0 Å². The van der Waals surface area contributed by atoms with Gasteiger partial charge < -0.3 is 25.4 Å². The molecule has 8 nitrogen and oxygen atoms in total. The predicted molar refractivity (Wildman–Crippen MR) is 102 cm³/mol. The zero-order chi connectivity index (χ0) is 18.6. The molecule has 4 rings (SSSR count). The molecule has 2 saturated heterocycles. The van der Waals surface area contributed by atoms with E-state index in [1.165, 1.54) is 0 Å². The number of rotatable bonds is 4. The Labute approximate surface area is 157 Å². The van der Waals surface area contributed by atoms with Crippen LogP contribution in [0.3, 0.4) is 0 Å². The predicted octanol–water partition coefficient (Wildman–Crippen LogP) is 1.08. The van der Waals surface area contributed by atoms with Gasteiger partial charge in [-0.05, 0) is 18.6 Å². The number of hydrogen-bond acceptors (Lipinski definition) is 7. The lowest BCUT2D eigenvalue weighted by Gasteiger charge is -2.27. The molecule has 2 aliphatic rings. The molecule has 27 heavy (non-hydrogen) atoms. The lowest BCUT2D eigenvalue weighted by molar-refractivity contribution is 0.0930. The fourth-order valence-electron chi connectivity index (χ4n) is 3.24. The van der Waals surface area contributed by atoms with Crippen LogP contribution in [-0.4, -0.2) is 61.4 Å². The van der Waals surface area contributed by atoms with Gasteiger partial charge >= 0.3 is 0 Å². The van der Waals surface area contributed by atoms with Gasteiger partial charge in [-0.15, -0.1) is 0 Å². The van der Waals surface area contributed by atoms with Crippen LogP contribution in [0.5, 0.6) is 0 Å². The molecule has 3 N–H and O–H groups in total. The van der Waals surface area contributed by atoms with E-state index in [4.69, 9.17) is 15.2 Å². The highest BCUT2D eigenvalue weighted by Gasteiger charge is 2.19. The average molecular weight is 369 g/mol. The topological polar surface area (TPSA) is 103 Å². The summed E-state index contributed by atoms with van der Waals surface area (Å²) in [6.07, 6.45) is 0.844. The molecule has 2 aromatic rings. The minimum atomic E-state index is -0.109. The summed E-state index contributed by atoms with van der Waals surface area (Å²) in [5.74, 6) is 0.883. The summed E-state index contributed by atoms with van der Waals surface area (Å²) in [6.45, 7) is 4.01. The Morgan fingerprint density at radius 2 is 2.00 bits per heavy atom. The molecule has 1 amide bonds. The summed E-state index contributed by atoms with van der Waals surface area (Å²) in [7, 11) is 0. The number of nitrogens with two attached hydrogens (primary N) is 1. The van der Waals surface area contributed by atoms with Crippen molar-refractivity contribution in [3.8, 4) is 11.3 Å². The van der Waals surface area contributed by atoms with Gasteiger partial charge in [-0.2, -0.15) is 4.98 Å². The first-order chi connectivity index (χ1) is 13.2. The summed E-state index contributed by atoms with van der Waals surface area (Å²) >= 11 is 0. The van der Waals surface area contributed by atoms with Gasteiger partial charge in [0.15, 0.2) is 0 Å². The summed E-state index contributed by atoms with van der Waals surface area (Å²) in [6, 6.07) is 9.19. The van der Waals surface area contributed by atoms with Crippen molar-refractivity contribution in [2.24, 2.45) is 0 Å². The maximum atomic E-state index is 12.5. The van der Waals surface area contributed by atoms with Crippen molar-refractivity contribution in [2.75, 3.05) is 50.2 Å². The minimum Gasteiger partial charge on any atom is -0.384 e. The first-order valence-corrected chi connectivity index (χ1v) is 9.15. The fourth-order valence-corrected chi connectivity index (χ4v) is 3.24. The third-order valence-corrected chi connectivity index (χ3v) is 4.71. The summed E-state index contributed by atoms with van der Waals surface area (Å²) < 4.78 is 10.7. The van der Waals surface area contributed by atoms with Crippen LogP contribution in [0.4, 0.5) is 11.8 Å². The van der Waals surface area contributed by atoms with E-state index < -0.39 is 0 Å². The van der Waals surface area contributed by atoms with E-state index in [1.54, 1.807) is 12.1 Å². The van der Waals surface area contributed by atoms with Crippen LogP contribution in [0.15, 0.2) is 30.3 Å². The van der Waals surface area contributed by atoms with Gasteiger partial charge in [0.05, 0.1) is 31.6 Å². The number of amides is 1. The second-order valence-electron chi connectivity index (χ2n) is 6.69. The van der Waals surface area contributed by atoms with Crippen molar-refractivity contribution in [2.45, 2.75) is 12.5 Å². The van der Waals surface area contributed by atoms with Crippen LogP contribution < -0.4 is 16.0 Å². The molecule has 142 valence electrons. The van der Waals surface area contributed by atoms with Crippen molar-refractivity contribution < 1.29 is 14.3 Å². The van der Waals surface area contributed by atoms with E-state index in [0.29, 0.717) is 49.5 Å². The van der Waals surface area contributed by atoms with Gasteiger partial charge in [0.2, 0.25) is 5.95 Å². The van der Waals surface area contributed by atoms with Crippen LogP contribution in [0.2, 0.25) is 0 Å². The molecule has 0 unspecified atom stereocenters. The number of carbonyl (C=O) groups is 1. The molecule has 2 aliphatic heterocycles. The average Bonchev–Trinajstić information content (AvgIpc) is 3.21. The molecule has 1 aromatic carbocycles. The van der Waals surface area contributed by atoms with E-state index in [0.717, 1.165) is 25.1 Å². The van der Waals surface area contributed by atoms with Crippen LogP contribution >= 0.6 is 0 Å². The molecule has 2 fully saturated rings. The summed E-state index contributed by atoms with van der Waals surface area (Å²) in [5, 5.41) is 3.00. The number of hydrogen-bond donors (Lipinski definition) is 2. The van der Waals surface area contributed by atoms with Gasteiger partial charge in [0.25, 0.3) is 5.91 Å². The highest BCUT2D eigenvalue weighted by Crippen LogP contribution is 2.23. The molecular formula is C19H23N5O3. The second kappa shape index (κ2) is 7.89. The Kier molecular flexibility index (Phi) is 5.17. The van der Waals surface area contributed by atoms with E-state index >= 15 is 0 Å². The Balaban J connectivity index is 1.57. The Morgan fingerprint density at radius 3 is 2.78 bits per heavy atom. The maximum absolute atomic E-state index is 12.5. The molecule has 3 heterocycles. The normalized spacial score (nSPS) is 19.9. The van der Waals surface area contributed by atoms with Gasteiger partial charge in [0.1, 0.15) is 5.82 Å². The third kappa shape index (κ3) is 4.17. The van der Waals surface area contributed by atoms with Crippen LogP contribution in [-0.2, 0) is 9.47 Å². The quantitative estimate of drug-likeness (QED) is 0.831. The third-order valence-electron chi connectivity index (χ3n) is 4.71. The van der Waals surface area contributed by atoms with E-state index in [9.17, 15) is 4.79 Å². The summed E-state index contributed by atoms with van der Waals surface area (Å²) in [5.41, 5.74) is 8.12. The highest BCUT2D eigenvalue weighted by atomic mass is 16.5. The molecular weight excluding hydrogens is 346 g/mol. The lowest BCUT2D eigenvalue weighted by Crippen LogP contribution is -2.37. The van der Waals surface area contributed by atoms with Crippen molar-refractivity contribution in [3.63, 3.8) is 0 Å². The van der Waals surface area contributed by atoms with Gasteiger partial charge in [-0.1, -0.05) is 12.1 Å². The number of nitrogen functional groups attached to an aromatic ring is 1. The highest BCUT2D eigenvalue weighted by molar-refractivity contribution is 5.95. The molecule has 0 radical (unpaired) electrons. The van der Waals surface area contributed by atoms with Gasteiger partial charge in [0, 0.05) is 36.9 Å². The zero-order valence-electron chi connectivity index (χ0n) is 15.1. The number of benzene rings is 1. The Bertz CT molecular complexity index is 817. The van der Waals surface area contributed by atoms with Crippen LogP contribution in [0.1, 0.15) is 16.8 Å². The van der Waals surface area contributed by atoms with E-state index in [2.05, 4.69) is 20.2 Å². The standard InChI is InChI=1S/C19H23N5O3/c20-17-11-16(22-19(23-17)24-5-8-26-9-6-24)13-2-1-3-14(10-13)18(25)21-15-4-7-27-12-15/h1-3,10-11,15H,4-9,12H2,(H,21,25)(H2,20,22,23)/t15-/m1/s1. The van der Waals surface area contributed by atoms with Crippen molar-refractivity contribution in [1.82, 2.24) is 15.3 Å². The Hall–Kier alpha value is -2.71. The molecule has 0 saturated carbocycles. The monoisotopic (exact) mass is 369 g/mol. The fraction of sp³-hybridized carbons (Fsp3) is 0.421. The number of nitrogens with one attached hydrogen (secondary N) is 1. The summed E-state index contributed by atoms with van der Waals surface area (Å²) in [4.78, 5) is 23.6. The van der Waals surface area contributed by atoms with Crippen LogP contribution in [0.25, 0.3) is 11.3 Å². The zero-order valence-corrected chi connectivity index (χ0v) is 15.1. The number of carbonyl (C=O) groups excluding carboxylic acids is 1. The minimum absolute atomic E-state index is 0.0729.